The van der Waals surface area contributed by atoms with Gasteiger partial charge in [0.25, 0.3) is 0 Å². The highest BCUT2D eigenvalue weighted by atomic mass is 32.2. The maximum Gasteiger partial charge on any atom is 0.232 e. The molecular formula is C10H20N2OS. The van der Waals surface area contributed by atoms with Crippen molar-refractivity contribution in [2.24, 2.45) is 0 Å². The standard InChI is InChI=1S/C10H20N2OS/c1-3-6-14-8-10(13)12-5-4-11-7-9(12)2/h9,11H,3-8H2,1-2H3. The third-order valence-electron chi connectivity index (χ3n) is 2.40. The predicted octanol–water partition coefficient (Wildman–Crippen LogP) is 0.950. The monoisotopic (exact) mass is 216 g/mol. The molecule has 1 fully saturated rings. The molecule has 1 amide bonds. The van der Waals surface area contributed by atoms with E-state index in [0.717, 1.165) is 31.8 Å². The number of nitrogens with zero attached hydrogens (tertiary/aromatic N) is 1. The van der Waals surface area contributed by atoms with Gasteiger partial charge in [-0.1, -0.05) is 6.92 Å². The Bertz CT molecular complexity index is 187. The highest BCUT2D eigenvalue weighted by Gasteiger charge is 2.22. The van der Waals surface area contributed by atoms with Crippen molar-refractivity contribution in [3.05, 3.63) is 0 Å². The first kappa shape index (κ1) is 11.9. The minimum Gasteiger partial charge on any atom is -0.337 e. The highest BCUT2D eigenvalue weighted by Crippen LogP contribution is 2.08. The molecule has 0 aromatic heterocycles. The van der Waals surface area contributed by atoms with Gasteiger partial charge < -0.3 is 10.2 Å². The molecule has 14 heavy (non-hydrogen) atoms. The zero-order chi connectivity index (χ0) is 10.4. The summed E-state index contributed by atoms with van der Waals surface area (Å²) in [5.74, 6) is 2.04. The quantitative estimate of drug-likeness (QED) is 0.710. The summed E-state index contributed by atoms with van der Waals surface area (Å²) in [6, 6.07) is 0.360. The Morgan fingerprint density at radius 1 is 1.64 bits per heavy atom. The van der Waals surface area contributed by atoms with Crippen LogP contribution in [0.4, 0.5) is 0 Å². The van der Waals surface area contributed by atoms with E-state index in [4.69, 9.17) is 0 Å². The molecule has 82 valence electrons. The summed E-state index contributed by atoms with van der Waals surface area (Å²) >= 11 is 1.75. The number of thioether (sulfide) groups is 1. The van der Waals surface area contributed by atoms with Gasteiger partial charge in [-0.3, -0.25) is 4.79 Å². The Labute approximate surface area is 90.6 Å². The van der Waals surface area contributed by atoms with Crippen LogP contribution in [0.25, 0.3) is 0 Å². The summed E-state index contributed by atoms with van der Waals surface area (Å²) in [5, 5.41) is 3.29. The number of carbonyl (C=O) groups excluding carboxylic acids is 1. The smallest absolute Gasteiger partial charge is 0.232 e. The highest BCUT2D eigenvalue weighted by molar-refractivity contribution is 7.99. The van der Waals surface area contributed by atoms with Crippen LogP contribution < -0.4 is 5.32 Å². The first-order valence-electron chi connectivity index (χ1n) is 5.33. The molecule has 0 aromatic carbocycles. The maximum absolute atomic E-state index is 11.8. The number of hydrogen-bond donors (Lipinski definition) is 1. The number of piperazine rings is 1. The average molecular weight is 216 g/mol. The van der Waals surface area contributed by atoms with Gasteiger partial charge in [0.05, 0.1) is 5.75 Å². The molecule has 1 saturated heterocycles. The normalized spacial score (nSPS) is 22.4. The van der Waals surface area contributed by atoms with Crippen LogP contribution in [0.15, 0.2) is 0 Å². The summed E-state index contributed by atoms with van der Waals surface area (Å²) in [6.45, 7) is 6.99. The van der Waals surface area contributed by atoms with Gasteiger partial charge in [-0.25, -0.2) is 0 Å². The zero-order valence-electron chi connectivity index (χ0n) is 9.08. The average Bonchev–Trinajstić information content (AvgIpc) is 2.18. The lowest BCUT2D eigenvalue weighted by molar-refractivity contribution is -0.131. The Balaban J connectivity index is 2.27. The van der Waals surface area contributed by atoms with E-state index in [1.807, 2.05) is 4.90 Å². The summed E-state index contributed by atoms with van der Waals surface area (Å²) < 4.78 is 0. The fourth-order valence-electron chi connectivity index (χ4n) is 1.60. The van der Waals surface area contributed by atoms with Crippen LogP contribution in [0.3, 0.4) is 0 Å². The maximum atomic E-state index is 11.8. The van der Waals surface area contributed by atoms with E-state index in [0.29, 0.717) is 17.7 Å². The molecule has 1 aliphatic heterocycles. The topological polar surface area (TPSA) is 32.3 Å². The van der Waals surface area contributed by atoms with E-state index in [-0.39, 0.29) is 0 Å². The molecule has 1 unspecified atom stereocenters. The van der Waals surface area contributed by atoms with E-state index < -0.39 is 0 Å². The molecule has 0 aromatic rings. The molecule has 0 bridgehead atoms. The van der Waals surface area contributed by atoms with Gasteiger partial charge in [-0.2, -0.15) is 11.8 Å². The first-order valence-corrected chi connectivity index (χ1v) is 6.49. The largest absolute Gasteiger partial charge is 0.337 e. The minimum absolute atomic E-state index is 0.303. The van der Waals surface area contributed by atoms with Crippen molar-refractivity contribution in [1.29, 1.82) is 0 Å². The van der Waals surface area contributed by atoms with Crippen LogP contribution in [-0.2, 0) is 4.79 Å². The van der Waals surface area contributed by atoms with Gasteiger partial charge in [-0.15, -0.1) is 0 Å². The lowest BCUT2D eigenvalue weighted by atomic mass is 10.2. The number of amides is 1. The van der Waals surface area contributed by atoms with E-state index in [1.165, 1.54) is 0 Å². The van der Waals surface area contributed by atoms with E-state index in [1.54, 1.807) is 11.8 Å². The van der Waals surface area contributed by atoms with Gasteiger partial charge in [0, 0.05) is 25.7 Å². The summed E-state index contributed by atoms with van der Waals surface area (Å²) in [5.41, 5.74) is 0. The Kier molecular flexibility index (Phi) is 5.33. The Morgan fingerprint density at radius 2 is 2.43 bits per heavy atom. The van der Waals surface area contributed by atoms with Gasteiger partial charge >= 0.3 is 0 Å². The summed E-state index contributed by atoms with van der Waals surface area (Å²) in [7, 11) is 0. The molecule has 0 saturated carbocycles. The molecule has 1 N–H and O–H groups in total. The van der Waals surface area contributed by atoms with E-state index in [9.17, 15) is 4.79 Å². The second-order valence-electron chi connectivity index (χ2n) is 3.69. The van der Waals surface area contributed by atoms with Crippen molar-refractivity contribution in [1.82, 2.24) is 10.2 Å². The van der Waals surface area contributed by atoms with Crippen molar-refractivity contribution in [2.45, 2.75) is 26.3 Å². The van der Waals surface area contributed by atoms with Gasteiger partial charge in [0.15, 0.2) is 0 Å². The van der Waals surface area contributed by atoms with Crippen LogP contribution >= 0.6 is 11.8 Å². The number of carbonyl (C=O) groups is 1. The first-order chi connectivity index (χ1) is 6.75. The molecule has 0 aliphatic carbocycles. The third kappa shape index (κ3) is 3.50. The number of rotatable bonds is 4. The molecule has 0 spiro atoms. The molecular weight excluding hydrogens is 196 g/mol. The fraction of sp³-hybridized carbons (Fsp3) is 0.900. The zero-order valence-corrected chi connectivity index (χ0v) is 9.90. The SMILES string of the molecule is CCCSCC(=O)N1CCNCC1C. The van der Waals surface area contributed by atoms with Gasteiger partial charge in [0.1, 0.15) is 0 Å². The van der Waals surface area contributed by atoms with E-state index in [2.05, 4.69) is 19.2 Å². The second kappa shape index (κ2) is 6.30. The van der Waals surface area contributed by atoms with Gasteiger partial charge in [0.2, 0.25) is 5.91 Å². The van der Waals surface area contributed by atoms with Gasteiger partial charge in [-0.05, 0) is 19.1 Å². The molecule has 1 rings (SSSR count). The second-order valence-corrected chi connectivity index (χ2v) is 4.80. The van der Waals surface area contributed by atoms with Crippen LogP contribution in [0, 0.1) is 0 Å². The molecule has 3 nitrogen and oxygen atoms in total. The van der Waals surface area contributed by atoms with E-state index >= 15 is 0 Å². The Morgan fingerprint density at radius 3 is 3.07 bits per heavy atom. The predicted molar refractivity (Wildman–Crippen MR) is 61.7 cm³/mol. The lowest BCUT2D eigenvalue weighted by Crippen LogP contribution is -2.52. The van der Waals surface area contributed by atoms with Crippen molar-refractivity contribution in [3.63, 3.8) is 0 Å². The fourth-order valence-corrected chi connectivity index (χ4v) is 2.37. The third-order valence-corrected chi connectivity index (χ3v) is 3.54. The molecule has 4 heteroatoms. The molecule has 1 heterocycles. The molecule has 0 radical (unpaired) electrons. The molecule has 1 aliphatic rings. The Hall–Kier alpha value is -0.220. The van der Waals surface area contributed by atoms with Crippen molar-refractivity contribution in [2.75, 3.05) is 31.1 Å². The van der Waals surface area contributed by atoms with Crippen LogP contribution in [-0.4, -0.2) is 48.0 Å². The van der Waals surface area contributed by atoms with Crippen LogP contribution in [0.2, 0.25) is 0 Å². The van der Waals surface area contributed by atoms with Crippen molar-refractivity contribution < 1.29 is 4.79 Å². The minimum atomic E-state index is 0.303. The number of nitrogens with one attached hydrogen (secondary N) is 1. The summed E-state index contributed by atoms with van der Waals surface area (Å²) in [6.07, 6.45) is 1.15. The lowest BCUT2D eigenvalue weighted by Gasteiger charge is -2.33. The van der Waals surface area contributed by atoms with Crippen LogP contribution in [0.5, 0.6) is 0 Å². The van der Waals surface area contributed by atoms with Crippen molar-refractivity contribution in [3.8, 4) is 0 Å². The molecule has 1 atom stereocenters. The van der Waals surface area contributed by atoms with Crippen LogP contribution in [0.1, 0.15) is 20.3 Å². The number of hydrogen-bond acceptors (Lipinski definition) is 3. The summed E-state index contributed by atoms with van der Waals surface area (Å²) in [4.78, 5) is 13.8. The van der Waals surface area contributed by atoms with Crippen molar-refractivity contribution >= 4 is 17.7 Å².